The van der Waals surface area contributed by atoms with Gasteiger partial charge in [-0.3, -0.25) is 0 Å². The standard InChI is InChI=1S/C14H19F2NO2/c1-10-6-7-17(8-10)9-13(18)11-2-4-12(5-3-11)19-14(15)16/h2-5,10,13-14,18H,6-9H2,1H3. The SMILES string of the molecule is CC1CCN(CC(O)c2ccc(OC(F)F)cc2)C1. The number of halogens is 2. The molecular weight excluding hydrogens is 252 g/mol. The van der Waals surface area contributed by atoms with Crippen molar-refractivity contribution in [2.24, 2.45) is 5.92 Å². The number of alkyl halides is 2. The third-order valence-electron chi connectivity index (χ3n) is 3.43. The molecule has 1 aliphatic rings. The predicted octanol–water partition coefficient (Wildman–Crippen LogP) is 2.66. The summed E-state index contributed by atoms with van der Waals surface area (Å²) in [5.41, 5.74) is 0.723. The summed E-state index contributed by atoms with van der Waals surface area (Å²) in [5.74, 6) is 0.787. The largest absolute Gasteiger partial charge is 0.435 e. The van der Waals surface area contributed by atoms with Crippen LogP contribution in [0.25, 0.3) is 0 Å². The molecule has 0 aromatic heterocycles. The van der Waals surface area contributed by atoms with Crippen molar-refractivity contribution in [3.63, 3.8) is 0 Å². The molecule has 2 atom stereocenters. The van der Waals surface area contributed by atoms with Gasteiger partial charge in [0.1, 0.15) is 5.75 Å². The highest BCUT2D eigenvalue weighted by Gasteiger charge is 2.21. The molecule has 0 spiro atoms. The Bertz CT molecular complexity index is 397. The van der Waals surface area contributed by atoms with E-state index in [4.69, 9.17) is 0 Å². The number of aliphatic hydroxyl groups is 1. The molecule has 0 saturated carbocycles. The smallest absolute Gasteiger partial charge is 0.387 e. The van der Waals surface area contributed by atoms with Crippen molar-refractivity contribution in [3.8, 4) is 5.75 Å². The molecule has 106 valence electrons. The van der Waals surface area contributed by atoms with Crippen LogP contribution in [0.15, 0.2) is 24.3 Å². The Hall–Kier alpha value is -1.20. The van der Waals surface area contributed by atoms with Gasteiger partial charge in [0.15, 0.2) is 0 Å². The summed E-state index contributed by atoms with van der Waals surface area (Å²) in [6.45, 7) is 1.97. The molecule has 2 rings (SSSR count). The summed E-state index contributed by atoms with van der Waals surface area (Å²) in [6, 6.07) is 6.17. The average molecular weight is 271 g/mol. The van der Waals surface area contributed by atoms with E-state index in [-0.39, 0.29) is 5.75 Å². The third kappa shape index (κ3) is 4.14. The van der Waals surface area contributed by atoms with E-state index in [1.165, 1.54) is 12.1 Å². The van der Waals surface area contributed by atoms with Crippen LogP contribution >= 0.6 is 0 Å². The van der Waals surface area contributed by atoms with E-state index in [9.17, 15) is 13.9 Å². The number of benzene rings is 1. The summed E-state index contributed by atoms with van der Waals surface area (Å²) in [5, 5.41) is 10.1. The molecular formula is C14H19F2NO2. The van der Waals surface area contributed by atoms with Crippen LogP contribution in [0.3, 0.4) is 0 Å². The number of likely N-dealkylation sites (tertiary alicyclic amines) is 1. The van der Waals surface area contributed by atoms with Crippen LogP contribution in [0.2, 0.25) is 0 Å². The molecule has 3 nitrogen and oxygen atoms in total. The number of nitrogens with zero attached hydrogens (tertiary/aromatic N) is 1. The first-order valence-corrected chi connectivity index (χ1v) is 6.50. The van der Waals surface area contributed by atoms with E-state index in [0.717, 1.165) is 25.1 Å². The second kappa shape index (κ2) is 6.30. The minimum Gasteiger partial charge on any atom is -0.435 e. The van der Waals surface area contributed by atoms with Crippen molar-refractivity contribution in [1.82, 2.24) is 4.90 Å². The first-order chi connectivity index (χ1) is 9.04. The number of aliphatic hydroxyl groups excluding tert-OH is 1. The fraction of sp³-hybridized carbons (Fsp3) is 0.571. The lowest BCUT2D eigenvalue weighted by atomic mass is 10.1. The van der Waals surface area contributed by atoms with E-state index in [1.54, 1.807) is 12.1 Å². The van der Waals surface area contributed by atoms with Crippen LogP contribution in [0, 0.1) is 5.92 Å². The van der Waals surface area contributed by atoms with Gasteiger partial charge >= 0.3 is 6.61 Å². The minimum atomic E-state index is -2.82. The van der Waals surface area contributed by atoms with Crippen LogP contribution in [-0.4, -0.2) is 36.3 Å². The predicted molar refractivity (Wildman–Crippen MR) is 68.3 cm³/mol. The summed E-state index contributed by atoms with van der Waals surface area (Å²) in [7, 11) is 0. The number of hydrogen-bond donors (Lipinski definition) is 1. The maximum Gasteiger partial charge on any atom is 0.387 e. The summed E-state index contributed by atoms with van der Waals surface area (Å²) >= 11 is 0. The lowest BCUT2D eigenvalue weighted by molar-refractivity contribution is -0.0498. The average Bonchev–Trinajstić information content (AvgIpc) is 2.75. The fourth-order valence-corrected chi connectivity index (χ4v) is 2.41. The van der Waals surface area contributed by atoms with Gasteiger partial charge in [-0.2, -0.15) is 8.78 Å². The Morgan fingerprint density at radius 1 is 1.37 bits per heavy atom. The summed E-state index contributed by atoms with van der Waals surface area (Å²) < 4.78 is 28.3. The molecule has 1 fully saturated rings. The molecule has 1 N–H and O–H groups in total. The van der Waals surface area contributed by atoms with Crippen LogP contribution in [0.5, 0.6) is 5.75 Å². The van der Waals surface area contributed by atoms with Crippen molar-refractivity contribution >= 4 is 0 Å². The molecule has 19 heavy (non-hydrogen) atoms. The fourth-order valence-electron chi connectivity index (χ4n) is 2.41. The second-order valence-corrected chi connectivity index (χ2v) is 5.12. The summed E-state index contributed by atoms with van der Waals surface area (Å²) in [6.07, 6.45) is 0.569. The molecule has 5 heteroatoms. The number of rotatable bonds is 5. The van der Waals surface area contributed by atoms with Crippen molar-refractivity contribution in [1.29, 1.82) is 0 Å². The molecule has 0 bridgehead atoms. The van der Waals surface area contributed by atoms with Gasteiger partial charge in [0.25, 0.3) is 0 Å². The molecule has 1 aliphatic heterocycles. The van der Waals surface area contributed by atoms with E-state index in [0.29, 0.717) is 12.5 Å². The highest BCUT2D eigenvalue weighted by molar-refractivity contribution is 5.28. The first-order valence-electron chi connectivity index (χ1n) is 6.50. The zero-order valence-corrected chi connectivity index (χ0v) is 10.9. The van der Waals surface area contributed by atoms with Crippen molar-refractivity contribution in [2.75, 3.05) is 19.6 Å². The van der Waals surface area contributed by atoms with Crippen LogP contribution < -0.4 is 4.74 Å². The molecule has 1 aromatic carbocycles. The molecule has 1 aromatic rings. The van der Waals surface area contributed by atoms with Crippen LogP contribution in [0.1, 0.15) is 25.0 Å². The molecule has 0 aliphatic carbocycles. The Balaban J connectivity index is 1.90. The van der Waals surface area contributed by atoms with Gasteiger partial charge in [-0.1, -0.05) is 19.1 Å². The molecule has 1 saturated heterocycles. The lowest BCUT2D eigenvalue weighted by Crippen LogP contribution is -2.26. The number of β-amino-alcohol motifs (C(OH)–C–C–N with tert-alkyl or cyclic N) is 1. The molecule has 1 heterocycles. The summed E-state index contributed by atoms with van der Waals surface area (Å²) in [4.78, 5) is 2.22. The van der Waals surface area contributed by atoms with Gasteiger partial charge in [0.05, 0.1) is 6.10 Å². The van der Waals surface area contributed by atoms with Crippen LogP contribution in [0.4, 0.5) is 8.78 Å². The topological polar surface area (TPSA) is 32.7 Å². The van der Waals surface area contributed by atoms with Gasteiger partial charge in [-0.25, -0.2) is 0 Å². The maximum absolute atomic E-state index is 12.0. The van der Waals surface area contributed by atoms with Crippen LogP contribution in [-0.2, 0) is 0 Å². The lowest BCUT2D eigenvalue weighted by Gasteiger charge is -2.20. The van der Waals surface area contributed by atoms with Gasteiger partial charge in [0, 0.05) is 13.1 Å². The molecule has 0 amide bonds. The van der Waals surface area contributed by atoms with E-state index < -0.39 is 12.7 Å². The van der Waals surface area contributed by atoms with Gasteiger partial charge < -0.3 is 14.7 Å². The normalized spacial score (nSPS) is 21.8. The Labute approximate surface area is 111 Å². The zero-order valence-electron chi connectivity index (χ0n) is 10.9. The molecule has 2 unspecified atom stereocenters. The monoisotopic (exact) mass is 271 g/mol. The van der Waals surface area contributed by atoms with Crippen molar-refractivity contribution in [3.05, 3.63) is 29.8 Å². The maximum atomic E-state index is 12.0. The zero-order chi connectivity index (χ0) is 13.8. The highest BCUT2D eigenvalue weighted by Crippen LogP contribution is 2.22. The quantitative estimate of drug-likeness (QED) is 0.893. The van der Waals surface area contributed by atoms with Gasteiger partial charge in [0.2, 0.25) is 0 Å². The van der Waals surface area contributed by atoms with Gasteiger partial charge in [-0.05, 0) is 36.6 Å². The Morgan fingerprint density at radius 2 is 2.05 bits per heavy atom. The van der Waals surface area contributed by atoms with E-state index in [1.807, 2.05) is 0 Å². The number of hydrogen-bond acceptors (Lipinski definition) is 3. The molecule has 0 radical (unpaired) electrons. The van der Waals surface area contributed by atoms with Crippen molar-refractivity contribution < 1.29 is 18.6 Å². The van der Waals surface area contributed by atoms with Crippen molar-refractivity contribution in [2.45, 2.75) is 26.1 Å². The number of ether oxygens (including phenoxy) is 1. The van der Waals surface area contributed by atoms with E-state index >= 15 is 0 Å². The minimum absolute atomic E-state index is 0.112. The Morgan fingerprint density at radius 3 is 2.58 bits per heavy atom. The first kappa shape index (κ1) is 14.2. The Kier molecular flexibility index (Phi) is 4.71. The third-order valence-corrected chi connectivity index (χ3v) is 3.43. The van der Waals surface area contributed by atoms with Gasteiger partial charge in [-0.15, -0.1) is 0 Å². The second-order valence-electron chi connectivity index (χ2n) is 5.12. The highest BCUT2D eigenvalue weighted by atomic mass is 19.3. The van der Waals surface area contributed by atoms with E-state index in [2.05, 4.69) is 16.6 Å².